The number of nitrogens with one attached hydrogen (secondary N) is 1. The van der Waals surface area contributed by atoms with Gasteiger partial charge in [0.25, 0.3) is 0 Å². The first-order valence-corrected chi connectivity index (χ1v) is 12.5. The largest absolute Gasteiger partial charge is 0.497 e. The Morgan fingerprint density at radius 2 is 1.55 bits per heavy atom. The lowest BCUT2D eigenvalue weighted by atomic mass is 10.1. The SMILES string of the molecule is COc1cc(CCC(=O)Nc2cc(S(=O)(=O)N3CCCCCC3)ccc2OC)cc(OC)c1. The molecule has 9 heteroatoms. The van der Waals surface area contributed by atoms with E-state index in [9.17, 15) is 13.2 Å². The molecule has 0 bridgehead atoms. The van der Waals surface area contributed by atoms with Crippen LogP contribution in [-0.4, -0.2) is 53.0 Å². The molecule has 0 radical (unpaired) electrons. The van der Waals surface area contributed by atoms with E-state index in [0.717, 1.165) is 31.2 Å². The van der Waals surface area contributed by atoms with Crippen LogP contribution in [0.25, 0.3) is 0 Å². The number of hydrogen-bond acceptors (Lipinski definition) is 6. The molecule has 1 amide bonds. The average Bonchev–Trinajstić information content (AvgIpc) is 3.12. The number of rotatable bonds is 9. The first kappa shape index (κ1) is 24.9. The fraction of sp³-hybridized carbons (Fsp3) is 0.458. The zero-order chi connectivity index (χ0) is 23.8. The maximum absolute atomic E-state index is 13.2. The predicted molar refractivity (Wildman–Crippen MR) is 127 cm³/mol. The quantitative estimate of drug-likeness (QED) is 0.591. The van der Waals surface area contributed by atoms with Gasteiger partial charge in [0.15, 0.2) is 0 Å². The Bertz CT molecular complexity index is 1040. The molecule has 1 aliphatic heterocycles. The number of hydrogen-bond donors (Lipinski definition) is 1. The molecule has 0 saturated carbocycles. The number of methoxy groups -OCH3 is 3. The minimum absolute atomic E-state index is 0.151. The van der Waals surface area contributed by atoms with Crippen molar-refractivity contribution in [2.45, 2.75) is 43.4 Å². The van der Waals surface area contributed by atoms with Crippen LogP contribution in [0.4, 0.5) is 5.69 Å². The van der Waals surface area contributed by atoms with Crippen LogP contribution in [0.3, 0.4) is 0 Å². The van der Waals surface area contributed by atoms with E-state index in [1.54, 1.807) is 26.4 Å². The number of benzene rings is 2. The van der Waals surface area contributed by atoms with E-state index in [0.29, 0.717) is 42.4 Å². The Morgan fingerprint density at radius 1 is 0.909 bits per heavy atom. The van der Waals surface area contributed by atoms with Crippen molar-refractivity contribution in [3.63, 3.8) is 0 Å². The molecule has 2 aromatic carbocycles. The van der Waals surface area contributed by atoms with Gasteiger partial charge in [0, 0.05) is 25.6 Å². The van der Waals surface area contributed by atoms with Crippen molar-refractivity contribution in [3.05, 3.63) is 42.0 Å². The molecule has 1 saturated heterocycles. The summed E-state index contributed by atoms with van der Waals surface area (Å²) in [5.41, 5.74) is 1.23. The first-order chi connectivity index (χ1) is 15.9. The zero-order valence-electron chi connectivity index (χ0n) is 19.4. The number of nitrogens with zero attached hydrogens (tertiary/aromatic N) is 1. The summed E-state index contributed by atoms with van der Waals surface area (Å²) >= 11 is 0. The molecular formula is C24H32N2O6S. The van der Waals surface area contributed by atoms with Crippen LogP contribution in [0.5, 0.6) is 17.2 Å². The number of anilines is 1. The first-order valence-electron chi connectivity index (χ1n) is 11.1. The van der Waals surface area contributed by atoms with Gasteiger partial charge in [-0.25, -0.2) is 8.42 Å². The third-order valence-electron chi connectivity index (χ3n) is 5.70. The van der Waals surface area contributed by atoms with E-state index in [1.807, 2.05) is 12.1 Å². The number of amides is 1. The highest BCUT2D eigenvalue weighted by Gasteiger charge is 2.26. The molecular weight excluding hydrogens is 444 g/mol. The summed E-state index contributed by atoms with van der Waals surface area (Å²) in [6.45, 7) is 1.03. The lowest BCUT2D eigenvalue weighted by Crippen LogP contribution is -2.32. The van der Waals surface area contributed by atoms with Gasteiger partial charge in [-0.2, -0.15) is 4.31 Å². The van der Waals surface area contributed by atoms with Gasteiger partial charge in [0.1, 0.15) is 17.2 Å². The number of carbonyl (C=O) groups excluding carboxylic acids is 1. The number of aryl methyl sites for hydroxylation is 1. The third kappa shape index (κ3) is 6.39. The summed E-state index contributed by atoms with van der Waals surface area (Å²) in [6.07, 6.45) is 4.45. The molecule has 0 aromatic heterocycles. The Hall–Kier alpha value is -2.78. The highest BCUT2D eigenvalue weighted by atomic mass is 32.2. The van der Waals surface area contributed by atoms with Crippen LogP contribution < -0.4 is 19.5 Å². The molecule has 1 heterocycles. The molecule has 2 aromatic rings. The lowest BCUT2D eigenvalue weighted by Gasteiger charge is -2.21. The molecule has 0 aliphatic carbocycles. The van der Waals surface area contributed by atoms with E-state index < -0.39 is 10.0 Å². The van der Waals surface area contributed by atoms with Crippen molar-refractivity contribution in [1.29, 1.82) is 0 Å². The van der Waals surface area contributed by atoms with Crippen LogP contribution in [0.2, 0.25) is 0 Å². The predicted octanol–water partition coefficient (Wildman–Crippen LogP) is 3.85. The molecule has 1 N–H and O–H groups in total. The summed E-state index contributed by atoms with van der Waals surface area (Å²) in [5.74, 6) is 1.45. The Morgan fingerprint density at radius 3 is 2.12 bits per heavy atom. The smallest absolute Gasteiger partial charge is 0.243 e. The third-order valence-corrected chi connectivity index (χ3v) is 7.59. The van der Waals surface area contributed by atoms with Crippen LogP contribution in [0, 0.1) is 0 Å². The summed E-state index contributed by atoms with van der Waals surface area (Å²) in [7, 11) is 0.989. The fourth-order valence-corrected chi connectivity index (χ4v) is 5.40. The Kier molecular flexibility index (Phi) is 8.57. The van der Waals surface area contributed by atoms with Crippen molar-refractivity contribution in [2.24, 2.45) is 0 Å². The van der Waals surface area contributed by atoms with Gasteiger partial charge in [0.05, 0.1) is 31.9 Å². The van der Waals surface area contributed by atoms with Gasteiger partial charge in [0.2, 0.25) is 15.9 Å². The lowest BCUT2D eigenvalue weighted by molar-refractivity contribution is -0.116. The van der Waals surface area contributed by atoms with Crippen molar-refractivity contribution in [2.75, 3.05) is 39.7 Å². The topological polar surface area (TPSA) is 94.2 Å². The van der Waals surface area contributed by atoms with E-state index in [1.165, 1.54) is 23.5 Å². The summed E-state index contributed by atoms with van der Waals surface area (Å²) in [6, 6.07) is 10.1. The van der Waals surface area contributed by atoms with Crippen molar-refractivity contribution in [3.8, 4) is 17.2 Å². The van der Waals surface area contributed by atoms with Crippen molar-refractivity contribution in [1.82, 2.24) is 4.31 Å². The number of sulfonamides is 1. The molecule has 0 spiro atoms. The molecule has 0 unspecified atom stereocenters. The van der Waals surface area contributed by atoms with E-state index in [4.69, 9.17) is 14.2 Å². The second-order valence-corrected chi connectivity index (χ2v) is 9.89. The van der Waals surface area contributed by atoms with Crippen LogP contribution in [-0.2, 0) is 21.2 Å². The molecule has 33 heavy (non-hydrogen) atoms. The van der Waals surface area contributed by atoms with Crippen LogP contribution >= 0.6 is 0 Å². The van der Waals surface area contributed by atoms with Gasteiger partial charge in [-0.3, -0.25) is 4.79 Å². The average molecular weight is 477 g/mol. The summed E-state index contributed by atoms with van der Waals surface area (Å²) in [5, 5.41) is 2.81. The maximum Gasteiger partial charge on any atom is 0.243 e. The molecule has 8 nitrogen and oxygen atoms in total. The van der Waals surface area contributed by atoms with Gasteiger partial charge in [-0.1, -0.05) is 12.8 Å². The van der Waals surface area contributed by atoms with E-state index >= 15 is 0 Å². The normalized spacial score (nSPS) is 14.9. The number of ether oxygens (including phenoxy) is 3. The molecule has 0 atom stereocenters. The van der Waals surface area contributed by atoms with Gasteiger partial charge in [-0.05, 0) is 55.2 Å². The molecule has 1 aliphatic rings. The second kappa shape index (κ2) is 11.4. The Labute approximate surface area is 195 Å². The Balaban J connectivity index is 1.74. The molecule has 180 valence electrons. The monoisotopic (exact) mass is 476 g/mol. The van der Waals surface area contributed by atoms with E-state index in [2.05, 4.69) is 5.32 Å². The van der Waals surface area contributed by atoms with Crippen LogP contribution in [0.1, 0.15) is 37.7 Å². The maximum atomic E-state index is 13.2. The van der Waals surface area contributed by atoms with E-state index in [-0.39, 0.29) is 17.2 Å². The van der Waals surface area contributed by atoms with Gasteiger partial charge >= 0.3 is 0 Å². The van der Waals surface area contributed by atoms with Gasteiger partial charge in [-0.15, -0.1) is 0 Å². The minimum atomic E-state index is -3.64. The van der Waals surface area contributed by atoms with Crippen molar-refractivity contribution >= 4 is 21.6 Å². The summed E-state index contributed by atoms with van der Waals surface area (Å²) < 4.78 is 43.7. The molecule has 1 fully saturated rings. The fourth-order valence-electron chi connectivity index (χ4n) is 3.86. The van der Waals surface area contributed by atoms with Crippen LogP contribution in [0.15, 0.2) is 41.3 Å². The molecule has 3 rings (SSSR count). The van der Waals surface area contributed by atoms with Crippen molar-refractivity contribution < 1.29 is 27.4 Å². The zero-order valence-corrected chi connectivity index (χ0v) is 20.2. The minimum Gasteiger partial charge on any atom is -0.497 e. The highest BCUT2D eigenvalue weighted by Crippen LogP contribution is 2.30. The standard InChI is InChI=1S/C24H32N2O6S/c1-30-19-14-18(15-20(16-19)31-2)8-11-24(27)25-22-17-21(9-10-23(22)32-3)33(28,29)26-12-6-4-5-7-13-26/h9-10,14-17H,4-8,11-13H2,1-3H3,(H,25,27). The second-order valence-electron chi connectivity index (χ2n) is 7.95. The van der Waals surface area contributed by atoms with Gasteiger partial charge < -0.3 is 19.5 Å². The summed E-state index contributed by atoms with van der Waals surface area (Å²) in [4.78, 5) is 12.8. The highest BCUT2D eigenvalue weighted by molar-refractivity contribution is 7.89. The number of carbonyl (C=O) groups is 1.